The summed E-state index contributed by atoms with van der Waals surface area (Å²) >= 11 is 0. The van der Waals surface area contributed by atoms with Crippen molar-refractivity contribution in [3.63, 3.8) is 0 Å². The Morgan fingerprint density at radius 1 is 0.741 bits per heavy atom. The van der Waals surface area contributed by atoms with Crippen LogP contribution in [0.5, 0.6) is 0 Å². The summed E-state index contributed by atoms with van der Waals surface area (Å²) in [6.07, 6.45) is 0. The minimum absolute atomic E-state index is 0.0115. The number of fused-ring (bicyclic) bond motifs is 3. The molecule has 0 amide bonds. The minimum atomic E-state index is -1.40. The van der Waals surface area contributed by atoms with E-state index in [1.807, 2.05) is 48.5 Å². The van der Waals surface area contributed by atoms with Crippen LogP contribution in [0.1, 0.15) is 26.3 Å². The van der Waals surface area contributed by atoms with Crippen molar-refractivity contribution >= 4 is 33.5 Å². The molecule has 0 spiro atoms. The summed E-state index contributed by atoms with van der Waals surface area (Å²) in [5.74, 6) is -2.09. The van der Waals surface area contributed by atoms with Gasteiger partial charge in [-0.3, -0.25) is 0 Å². The number of benzene rings is 4. The first-order valence-corrected chi connectivity index (χ1v) is 8.52. The van der Waals surface area contributed by atoms with Crippen molar-refractivity contribution in [1.29, 1.82) is 0 Å². The molecule has 0 unspecified atom stereocenters. The number of rotatable bonds is 4. The lowest BCUT2D eigenvalue weighted by atomic mass is 9.97. The normalized spacial score (nSPS) is 10.8. The summed E-state index contributed by atoms with van der Waals surface area (Å²) in [6, 6.07) is 23.8. The Hall–Kier alpha value is -3.66. The van der Waals surface area contributed by atoms with Gasteiger partial charge in [-0.2, -0.15) is 0 Å². The van der Waals surface area contributed by atoms with Crippen molar-refractivity contribution in [1.82, 2.24) is 0 Å². The van der Waals surface area contributed by atoms with Crippen LogP contribution in [0.15, 0.2) is 78.9 Å². The van der Waals surface area contributed by atoms with Crippen molar-refractivity contribution in [2.75, 3.05) is 0 Å². The van der Waals surface area contributed by atoms with Gasteiger partial charge in [-0.25, -0.2) is 4.79 Å². The van der Waals surface area contributed by atoms with Crippen molar-refractivity contribution in [2.45, 2.75) is 6.61 Å². The zero-order chi connectivity index (χ0) is 18.8. The largest absolute Gasteiger partial charge is 0.545 e. The topological polar surface area (TPSA) is 66.4 Å². The summed E-state index contributed by atoms with van der Waals surface area (Å²) in [7, 11) is 0. The van der Waals surface area contributed by atoms with Gasteiger partial charge in [0.05, 0.1) is 11.5 Å². The lowest BCUT2D eigenvalue weighted by molar-refractivity contribution is -0.255. The van der Waals surface area contributed by atoms with Crippen LogP contribution in [0.25, 0.3) is 21.5 Å². The van der Waals surface area contributed by atoms with Crippen LogP contribution < -0.4 is 5.11 Å². The minimum Gasteiger partial charge on any atom is -0.545 e. The molecule has 0 fully saturated rings. The molecule has 0 aliphatic heterocycles. The van der Waals surface area contributed by atoms with E-state index in [2.05, 4.69) is 6.07 Å². The lowest BCUT2D eigenvalue weighted by Crippen LogP contribution is -2.25. The number of ether oxygens (including phenoxy) is 1. The third-order valence-electron chi connectivity index (χ3n) is 4.58. The van der Waals surface area contributed by atoms with Gasteiger partial charge in [-0.05, 0) is 39.2 Å². The SMILES string of the molecule is O=C([O-])c1ccccc1C(=O)OCc1cc2ccccc2c2ccccc12. The summed E-state index contributed by atoms with van der Waals surface area (Å²) < 4.78 is 5.43. The van der Waals surface area contributed by atoms with Crippen LogP contribution in [-0.4, -0.2) is 11.9 Å². The Labute approximate surface area is 155 Å². The van der Waals surface area contributed by atoms with E-state index in [-0.39, 0.29) is 17.7 Å². The van der Waals surface area contributed by atoms with E-state index in [1.165, 1.54) is 12.1 Å². The molecule has 0 heterocycles. The number of esters is 1. The van der Waals surface area contributed by atoms with Gasteiger partial charge in [0.1, 0.15) is 6.61 Å². The maximum absolute atomic E-state index is 12.4. The molecule has 0 radical (unpaired) electrons. The zero-order valence-electron chi connectivity index (χ0n) is 14.3. The standard InChI is InChI=1S/C23H16O4/c24-22(25)20-11-5-6-12-21(20)23(26)27-14-16-13-15-7-1-2-8-17(15)19-10-4-3-9-18(16)19/h1-13H,14H2,(H,24,25)/p-1. The van der Waals surface area contributed by atoms with E-state index in [9.17, 15) is 14.7 Å². The first-order chi connectivity index (χ1) is 13.1. The van der Waals surface area contributed by atoms with Crippen molar-refractivity contribution < 1.29 is 19.4 Å². The fraction of sp³-hybridized carbons (Fsp3) is 0.0435. The predicted molar refractivity (Wildman–Crippen MR) is 101 cm³/mol. The van der Waals surface area contributed by atoms with Crippen LogP contribution in [0, 0.1) is 0 Å². The van der Waals surface area contributed by atoms with Gasteiger partial charge in [0.15, 0.2) is 0 Å². The monoisotopic (exact) mass is 355 g/mol. The van der Waals surface area contributed by atoms with Gasteiger partial charge in [-0.15, -0.1) is 0 Å². The van der Waals surface area contributed by atoms with Gasteiger partial charge in [0, 0.05) is 5.56 Å². The molecule has 132 valence electrons. The highest BCUT2D eigenvalue weighted by molar-refractivity contribution is 6.09. The molecule has 4 aromatic carbocycles. The number of hydrogen-bond donors (Lipinski definition) is 0. The van der Waals surface area contributed by atoms with Gasteiger partial charge < -0.3 is 14.6 Å². The molecule has 4 nitrogen and oxygen atoms in total. The number of hydrogen-bond acceptors (Lipinski definition) is 4. The van der Waals surface area contributed by atoms with Crippen LogP contribution in [0.4, 0.5) is 0 Å². The Balaban J connectivity index is 1.70. The molecule has 0 atom stereocenters. The fourth-order valence-electron chi connectivity index (χ4n) is 3.31. The Bertz CT molecular complexity index is 1180. The van der Waals surface area contributed by atoms with E-state index in [4.69, 9.17) is 4.74 Å². The van der Waals surface area contributed by atoms with E-state index in [1.54, 1.807) is 12.1 Å². The molecule has 0 N–H and O–H groups in total. The molecule has 0 bridgehead atoms. The first-order valence-electron chi connectivity index (χ1n) is 8.52. The van der Waals surface area contributed by atoms with Gasteiger partial charge in [0.25, 0.3) is 0 Å². The number of carboxylic acids is 1. The van der Waals surface area contributed by atoms with E-state index in [0.717, 1.165) is 27.1 Å². The highest BCUT2D eigenvalue weighted by Gasteiger charge is 2.14. The smallest absolute Gasteiger partial charge is 0.339 e. The number of carbonyl (C=O) groups is 2. The quantitative estimate of drug-likeness (QED) is 0.413. The van der Waals surface area contributed by atoms with Gasteiger partial charge >= 0.3 is 5.97 Å². The number of carboxylic acid groups (broad SMARTS) is 1. The third-order valence-corrected chi connectivity index (χ3v) is 4.58. The average Bonchev–Trinajstić information content (AvgIpc) is 2.71. The maximum atomic E-state index is 12.4. The summed E-state index contributed by atoms with van der Waals surface area (Å²) in [5, 5.41) is 15.5. The van der Waals surface area contributed by atoms with Crippen molar-refractivity contribution in [2.24, 2.45) is 0 Å². The van der Waals surface area contributed by atoms with Crippen LogP contribution in [0.3, 0.4) is 0 Å². The van der Waals surface area contributed by atoms with Gasteiger partial charge in [-0.1, -0.05) is 66.7 Å². The molecular weight excluding hydrogens is 340 g/mol. The van der Waals surface area contributed by atoms with Crippen LogP contribution in [-0.2, 0) is 11.3 Å². The van der Waals surface area contributed by atoms with Crippen LogP contribution >= 0.6 is 0 Å². The molecule has 0 aromatic heterocycles. The Morgan fingerprint density at radius 3 is 2.07 bits per heavy atom. The Morgan fingerprint density at radius 2 is 1.33 bits per heavy atom. The number of carbonyl (C=O) groups excluding carboxylic acids is 2. The zero-order valence-corrected chi connectivity index (χ0v) is 14.3. The van der Waals surface area contributed by atoms with Gasteiger partial charge in [0.2, 0.25) is 0 Å². The molecule has 0 aliphatic carbocycles. The molecular formula is C23H15O4-. The second kappa shape index (κ2) is 6.92. The summed E-state index contributed by atoms with van der Waals surface area (Å²) in [4.78, 5) is 23.6. The van der Waals surface area contributed by atoms with E-state index in [0.29, 0.717) is 0 Å². The van der Waals surface area contributed by atoms with Crippen LogP contribution in [0.2, 0.25) is 0 Å². The molecule has 0 aliphatic rings. The molecule has 4 rings (SSSR count). The average molecular weight is 355 g/mol. The summed E-state index contributed by atoms with van der Waals surface area (Å²) in [6.45, 7) is 0.0472. The van der Waals surface area contributed by atoms with Crippen molar-refractivity contribution in [3.05, 3.63) is 95.6 Å². The van der Waals surface area contributed by atoms with E-state index < -0.39 is 11.9 Å². The second-order valence-electron chi connectivity index (χ2n) is 6.21. The maximum Gasteiger partial charge on any atom is 0.339 e. The molecule has 27 heavy (non-hydrogen) atoms. The highest BCUT2D eigenvalue weighted by Crippen LogP contribution is 2.29. The molecule has 0 saturated heterocycles. The second-order valence-corrected chi connectivity index (χ2v) is 6.21. The molecule has 4 heteroatoms. The third kappa shape index (κ3) is 3.13. The fourth-order valence-corrected chi connectivity index (χ4v) is 3.31. The summed E-state index contributed by atoms with van der Waals surface area (Å²) in [5.41, 5.74) is 0.678. The number of aromatic carboxylic acids is 1. The first kappa shape index (κ1) is 16.8. The Kier molecular flexibility index (Phi) is 4.30. The van der Waals surface area contributed by atoms with Crippen molar-refractivity contribution in [3.8, 4) is 0 Å². The molecule has 0 saturated carbocycles. The lowest BCUT2D eigenvalue weighted by Gasteiger charge is -2.13. The predicted octanol–water partition coefficient (Wildman–Crippen LogP) is 3.71. The molecule has 4 aromatic rings. The highest BCUT2D eigenvalue weighted by atomic mass is 16.5. The van der Waals surface area contributed by atoms with E-state index >= 15 is 0 Å².